The van der Waals surface area contributed by atoms with Gasteiger partial charge < -0.3 is 5.32 Å². The molecule has 0 saturated carbocycles. The lowest BCUT2D eigenvalue weighted by atomic mass is 10.2. The van der Waals surface area contributed by atoms with E-state index in [4.69, 9.17) is 0 Å². The van der Waals surface area contributed by atoms with Crippen molar-refractivity contribution in [2.24, 2.45) is 7.05 Å². The summed E-state index contributed by atoms with van der Waals surface area (Å²) in [6, 6.07) is 14.7. The van der Waals surface area contributed by atoms with E-state index < -0.39 is 10.0 Å². The standard InChI is InChI=1S/C20H20N6O3S/c1-24-19(27)16-5-2-3-6-17(16)26-18(22-23-20(24)26)13-21-14-7-9-15(10-8-14)25-11-4-12-30(25,28)29/h2-3,5-10,21H,4,11-13H2,1H3. The highest BCUT2D eigenvalue weighted by molar-refractivity contribution is 7.93. The lowest BCUT2D eigenvalue weighted by Gasteiger charge is -2.17. The zero-order valence-corrected chi connectivity index (χ0v) is 17.1. The quantitative estimate of drug-likeness (QED) is 0.535. The van der Waals surface area contributed by atoms with E-state index in [9.17, 15) is 13.2 Å². The van der Waals surface area contributed by atoms with E-state index in [0.717, 1.165) is 11.2 Å². The van der Waals surface area contributed by atoms with Gasteiger partial charge in [0.05, 0.1) is 28.9 Å². The summed E-state index contributed by atoms with van der Waals surface area (Å²) in [7, 11) is -1.51. The molecule has 5 rings (SSSR count). The smallest absolute Gasteiger partial charge is 0.262 e. The van der Waals surface area contributed by atoms with Gasteiger partial charge >= 0.3 is 0 Å². The Balaban J connectivity index is 1.44. The molecule has 2 aromatic heterocycles. The summed E-state index contributed by atoms with van der Waals surface area (Å²) in [5.74, 6) is 1.34. The van der Waals surface area contributed by atoms with E-state index in [1.54, 1.807) is 25.2 Å². The Morgan fingerprint density at radius 3 is 2.57 bits per heavy atom. The van der Waals surface area contributed by atoms with Gasteiger partial charge in [-0.2, -0.15) is 0 Å². The highest BCUT2D eigenvalue weighted by Crippen LogP contribution is 2.25. The number of fused-ring (bicyclic) bond motifs is 3. The van der Waals surface area contributed by atoms with E-state index in [1.165, 1.54) is 8.87 Å². The number of aryl methyl sites for hydroxylation is 1. The Hall–Kier alpha value is -3.40. The molecule has 0 unspecified atom stereocenters. The minimum absolute atomic E-state index is 0.113. The molecule has 4 aromatic rings. The molecule has 1 N–H and O–H groups in total. The first-order chi connectivity index (χ1) is 14.5. The number of nitrogens with zero attached hydrogens (tertiary/aromatic N) is 5. The maximum Gasteiger partial charge on any atom is 0.262 e. The molecule has 0 radical (unpaired) electrons. The van der Waals surface area contributed by atoms with Gasteiger partial charge in [-0.15, -0.1) is 10.2 Å². The molecule has 30 heavy (non-hydrogen) atoms. The molecule has 0 spiro atoms. The van der Waals surface area contributed by atoms with Crippen LogP contribution in [0.15, 0.2) is 53.3 Å². The van der Waals surface area contributed by atoms with Gasteiger partial charge in [0.25, 0.3) is 5.56 Å². The van der Waals surface area contributed by atoms with Crippen LogP contribution in [-0.4, -0.2) is 39.9 Å². The predicted octanol–water partition coefficient (Wildman–Crippen LogP) is 1.73. The average Bonchev–Trinajstić information content (AvgIpc) is 3.34. The molecule has 9 nitrogen and oxygen atoms in total. The number of hydrogen-bond donors (Lipinski definition) is 1. The Labute approximate surface area is 172 Å². The van der Waals surface area contributed by atoms with Gasteiger partial charge in [0.15, 0.2) is 5.82 Å². The molecule has 0 bridgehead atoms. The number of para-hydroxylation sites is 1. The summed E-state index contributed by atoms with van der Waals surface area (Å²) >= 11 is 0. The molecule has 1 saturated heterocycles. The van der Waals surface area contributed by atoms with E-state index >= 15 is 0 Å². The fourth-order valence-electron chi connectivity index (χ4n) is 3.86. The fraction of sp³-hybridized carbons (Fsp3) is 0.250. The van der Waals surface area contributed by atoms with Crippen LogP contribution in [0.3, 0.4) is 0 Å². The summed E-state index contributed by atoms with van der Waals surface area (Å²) in [6.07, 6.45) is 0.652. The van der Waals surface area contributed by atoms with Crippen LogP contribution >= 0.6 is 0 Å². The molecule has 3 heterocycles. The van der Waals surface area contributed by atoms with Crippen LogP contribution in [0, 0.1) is 0 Å². The number of anilines is 2. The molecule has 0 amide bonds. The molecule has 0 aliphatic carbocycles. The van der Waals surface area contributed by atoms with Crippen LogP contribution in [0.2, 0.25) is 0 Å². The Bertz CT molecular complexity index is 1420. The molecule has 2 aromatic carbocycles. The van der Waals surface area contributed by atoms with Gasteiger partial charge in [-0.1, -0.05) is 12.1 Å². The molecule has 1 fully saturated rings. The number of hydrogen-bond acceptors (Lipinski definition) is 6. The number of rotatable bonds is 4. The van der Waals surface area contributed by atoms with Crippen molar-refractivity contribution >= 4 is 38.1 Å². The van der Waals surface area contributed by atoms with Crippen molar-refractivity contribution in [1.82, 2.24) is 19.2 Å². The summed E-state index contributed by atoms with van der Waals surface area (Å²) in [6.45, 7) is 0.914. The van der Waals surface area contributed by atoms with Gasteiger partial charge in [0.2, 0.25) is 15.8 Å². The first-order valence-corrected chi connectivity index (χ1v) is 11.2. The maximum atomic E-state index is 12.5. The zero-order valence-electron chi connectivity index (χ0n) is 16.3. The highest BCUT2D eigenvalue weighted by Gasteiger charge is 2.28. The molecule has 154 valence electrons. The lowest BCUT2D eigenvalue weighted by molar-refractivity contribution is 0.599. The zero-order chi connectivity index (χ0) is 20.9. The summed E-state index contributed by atoms with van der Waals surface area (Å²) < 4.78 is 29.0. The monoisotopic (exact) mass is 424 g/mol. The minimum Gasteiger partial charge on any atom is -0.378 e. The van der Waals surface area contributed by atoms with Crippen LogP contribution in [0.5, 0.6) is 0 Å². The van der Waals surface area contributed by atoms with Crippen molar-refractivity contribution in [3.05, 3.63) is 64.7 Å². The Kier molecular flexibility index (Phi) is 4.24. The topological polar surface area (TPSA) is 102 Å². The number of sulfonamides is 1. The van der Waals surface area contributed by atoms with Gasteiger partial charge in [-0.25, -0.2) is 8.42 Å². The molecular formula is C20H20N6O3S. The summed E-state index contributed by atoms with van der Waals surface area (Å²) in [5, 5.41) is 12.4. The van der Waals surface area contributed by atoms with Gasteiger partial charge in [-0.3, -0.25) is 18.1 Å². The first-order valence-electron chi connectivity index (χ1n) is 9.62. The second-order valence-electron chi connectivity index (χ2n) is 7.28. The maximum absolute atomic E-state index is 12.5. The fourth-order valence-corrected chi connectivity index (χ4v) is 5.43. The predicted molar refractivity (Wildman–Crippen MR) is 115 cm³/mol. The lowest BCUT2D eigenvalue weighted by Crippen LogP contribution is -2.24. The van der Waals surface area contributed by atoms with Crippen molar-refractivity contribution in [3.63, 3.8) is 0 Å². The van der Waals surface area contributed by atoms with E-state index in [1.807, 2.05) is 34.7 Å². The second kappa shape index (κ2) is 6.84. The van der Waals surface area contributed by atoms with Crippen LogP contribution in [0.25, 0.3) is 16.7 Å². The molecule has 10 heteroatoms. The molecular weight excluding hydrogens is 404 g/mol. The van der Waals surface area contributed by atoms with Crippen LogP contribution in [0.1, 0.15) is 12.2 Å². The van der Waals surface area contributed by atoms with E-state index in [2.05, 4.69) is 15.5 Å². The van der Waals surface area contributed by atoms with E-state index in [-0.39, 0.29) is 11.3 Å². The van der Waals surface area contributed by atoms with Gasteiger partial charge in [0, 0.05) is 19.3 Å². The van der Waals surface area contributed by atoms with Crippen molar-refractivity contribution < 1.29 is 8.42 Å². The third-order valence-corrected chi connectivity index (χ3v) is 7.27. The highest BCUT2D eigenvalue weighted by atomic mass is 32.2. The number of benzene rings is 2. The van der Waals surface area contributed by atoms with Crippen molar-refractivity contribution in [1.29, 1.82) is 0 Å². The summed E-state index contributed by atoms with van der Waals surface area (Å²) in [4.78, 5) is 12.5. The number of aromatic nitrogens is 4. The van der Waals surface area contributed by atoms with E-state index in [0.29, 0.717) is 42.2 Å². The second-order valence-corrected chi connectivity index (χ2v) is 9.29. The third kappa shape index (κ3) is 2.91. The largest absolute Gasteiger partial charge is 0.378 e. The van der Waals surface area contributed by atoms with Crippen LogP contribution in [0.4, 0.5) is 11.4 Å². The van der Waals surface area contributed by atoms with Crippen LogP contribution < -0.4 is 15.2 Å². The average molecular weight is 424 g/mol. The van der Waals surface area contributed by atoms with Gasteiger partial charge in [0.1, 0.15) is 0 Å². The minimum atomic E-state index is -3.19. The first kappa shape index (κ1) is 18.6. The molecule has 0 atom stereocenters. The van der Waals surface area contributed by atoms with Crippen molar-refractivity contribution in [2.45, 2.75) is 13.0 Å². The molecule has 1 aliphatic rings. The Morgan fingerprint density at radius 1 is 1.07 bits per heavy atom. The Morgan fingerprint density at radius 2 is 1.83 bits per heavy atom. The third-order valence-electron chi connectivity index (χ3n) is 5.40. The molecule has 1 aliphatic heterocycles. The summed E-state index contributed by atoms with van der Waals surface area (Å²) in [5.41, 5.74) is 2.15. The van der Waals surface area contributed by atoms with Crippen molar-refractivity contribution in [3.8, 4) is 0 Å². The SMILES string of the molecule is Cn1c(=O)c2ccccc2n2c(CNc3ccc(N4CCCS4(=O)=O)cc3)nnc12. The van der Waals surface area contributed by atoms with Gasteiger partial charge in [-0.05, 0) is 42.8 Å². The normalized spacial score (nSPS) is 15.8. The van der Waals surface area contributed by atoms with Crippen LogP contribution in [-0.2, 0) is 23.6 Å². The number of nitrogens with one attached hydrogen (secondary N) is 1. The van der Waals surface area contributed by atoms with Crippen molar-refractivity contribution in [2.75, 3.05) is 21.9 Å².